The van der Waals surface area contributed by atoms with Crippen LogP contribution in [0.3, 0.4) is 0 Å². The van der Waals surface area contributed by atoms with Gasteiger partial charge in [0.1, 0.15) is 0 Å². The van der Waals surface area contributed by atoms with Gasteiger partial charge < -0.3 is 0 Å². The molecule has 0 spiro atoms. The zero-order valence-corrected chi connectivity index (χ0v) is 28.0. The van der Waals surface area contributed by atoms with E-state index in [0.29, 0.717) is 23.0 Å². The van der Waals surface area contributed by atoms with E-state index in [0.717, 1.165) is 52.7 Å². The van der Waals surface area contributed by atoms with Gasteiger partial charge in [-0.15, -0.1) is 22.7 Å². The lowest BCUT2D eigenvalue weighted by Gasteiger charge is -2.11. The first-order chi connectivity index (χ1) is 26.8. The Morgan fingerprint density at radius 1 is 0.400 bits per heavy atom. The second-order valence-corrected chi connectivity index (χ2v) is 14.2. The number of rotatable bonds is 5. The highest BCUT2D eigenvalue weighted by Gasteiger charge is 2.20. The first-order valence-electron chi connectivity index (χ1n) is 18.7. The normalized spacial score (nSPS) is 13.0. The van der Waals surface area contributed by atoms with Gasteiger partial charge in [0, 0.05) is 62.6 Å². The summed E-state index contributed by atoms with van der Waals surface area (Å²) in [6.07, 6.45) is 0. The summed E-state index contributed by atoms with van der Waals surface area (Å²) in [4.78, 5) is 15.3. The highest BCUT2D eigenvalue weighted by Crippen LogP contribution is 2.46. The van der Waals surface area contributed by atoms with Gasteiger partial charge in [-0.2, -0.15) is 0 Å². The van der Waals surface area contributed by atoms with Crippen LogP contribution >= 0.6 is 22.7 Å². The van der Waals surface area contributed by atoms with E-state index in [9.17, 15) is 0 Å². The maximum atomic E-state index is 8.93. The molecule has 0 aliphatic carbocycles. The van der Waals surface area contributed by atoms with Gasteiger partial charge in [0.2, 0.25) is 0 Å². The fourth-order valence-electron chi connectivity index (χ4n) is 6.69. The van der Waals surface area contributed by atoms with Gasteiger partial charge in [-0.1, -0.05) is 133 Å². The van der Waals surface area contributed by atoms with Crippen LogP contribution in [-0.2, 0) is 0 Å². The largest absolute Gasteiger partial charge is 0.208 e. The second-order valence-electron chi connectivity index (χ2n) is 12.0. The average Bonchev–Trinajstić information content (AvgIpc) is 3.81. The number of hydrogen-bond acceptors (Lipinski definition) is 5. The quantitative estimate of drug-likeness (QED) is 0.182. The summed E-state index contributed by atoms with van der Waals surface area (Å²) in [5, 5.41) is 4.23. The average molecular weight is 679 g/mol. The molecule has 3 heterocycles. The summed E-state index contributed by atoms with van der Waals surface area (Å²) in [6, 6.07) is 43.2. The van der Waals surface area contributed by atoms with E-state index in [-0.39, 0.29) is 29.7 Å². The number of thiophene rings is 2. The van der Waals surface area contributed by atoms with Crippen molar-refractivity contribution in [2.45, 2.75) is 0 Å². The molecule has 3 aromatic heterocycles. The molecule has 10 rings (SSSR count). The van der Waals surface area contributed by atoms with E-state index in [2.05, 4.69) is 48.5 Å². The van der Waals surface area contributed by atoms with Crippen LogP contribution in [0.1, 0.15) is 6.85 Å². The molecule has 5 heteroatoms. The molecule has 0 saturated carbocycles. The van der Waals surface area contributed by atoms with E-state index in [1.54, 1.807) is 11.3 Å². The molecule has 0 unspecified atom stereocenters. The fraction of sp³-hybridized carbons (Fsp3) is 0. The Labute approximate surface area is 303 Å². The molecule has 0 atom stereocenters. The van der Waals surface area contributed by atoms with Gasteiger partial charge in [-0.05, 0) is 47.0 Å². The molecule has 3 nitrogen and oxygen atoms in total. The van der Waals surface area contributed by atoms with E-state index in [1.807, 2.05) is 84.9 Å². The zero-order chi connectivity index (χ0) is 37.4. The van der Waals surface area contributed by atoms with Crippen LogP contribution in [0.2, 0.25) is 0 Å². The molecule has 0 amide bonds. The molecule has 7 aromatic carbocycles. The first kappa shape index (κ1) is 24.2. The number of fused-ring (bicyclic) bond motifs is 6. The molecule has 10 aromatic rings. The molecule has 0 bridgehead atoms. The molecule has 0 saturated heterocycles. The standard InChI is InChI=1S/C45H27N3S2/c1-4-13-28(14-5-1)32-25-36(29-15-6-2-7-16-29)42-37(26-32)41-35(20-12-22-39(41)50-42)45-47-43(30-17-8-3-9-18-30)46-44(48-45)31-23-24-34-33-19-10-11-21-38(33)49-40(34)27-31/h1-27H/i2D,6D,7D,15D,16D. The van der Waals surface area contributed by atoms with E-state index >= 15 is 0 Å². The van der Waals surface area contributed by atoms with Gasteiger partial charge in [0.25, 0.3) is 0 Å². The number of benzene rings is 7. The summed E-state index contributed by atoms with van der Waals surface area (Å²) in [5.74, 6) is 1.63. The smallest absolute Gasteiger partial charge is 0.164 e. The van der Waals surface area contributed by atoms with Gasteiger partial charge >= 0.3 is 0 Å². The Bertz CT molecular complexity index is 3130. The van der Waals surface area contributed by atoms with Crippen LogP contribution in [0.25, 0.3) is 96.8 Å². The van der Waals surface area contributed by atoms with Crippen molar-refractivity contribution in [1.82, 2.24) is 15.0 Å². The second kappa shape index (κ2) is 11.8. The van der Waals surface area contributed by atoms with Crippen molar-refractivity contribution < 1.29 is 6.85 Å². The zero-order valence-electron chi connectivity index (χ0n) is 31.4. The van der Waals surface area contributed by atoms with Gasteiger partial charge in [-0.3, -0.25) is 0 Å². The Balaban J connectivity index is 1.26. The Kier molecular flexibility index (Phi) is 5.73. The van der Waals surface area contributed by atoms with Gasteiger partial charge in [0.15, 0.2) is 17.5 Å². The van der Waals surface area contributed by atoms with E-state index in [1.165, 1.54) is 26.8 Å². The lowest BCUT2D eigenvalue weighted by Crippen LogP contribution is -2.00. The minimum absolute atomic E-state index is 0.173. The van der Waals surface area contributed by atoms with E-state index < -0.39 is 6.04 Å². The van der Waals surface area contributed by atoms with Crippen molar-refractivity contribution in [3.05, 3.63) is 164 Å². The maximum Gasteiger partial charge on any atom is 0.164 e. The molecule has 0 aliphatic rings. The molecule has 0 aliphatic heterocycles. The Hall–Kier alpha value is -6.01. The molecule has 0 N–H and O–H groups in total. The molecular weight excluding hydrogens is 647 g/mol. The Morgan fingerprint density at radius 3 is 1.90 bits per heavy atom. The third kappa shape index (κ3) is 4.90. The monoisotopic (exact) mass is 678 g/mol. The summed E-state index contributed by atoms with van der Waals surface area (Å²) >= 11 is 3.28. The minimum Gasteiger partial charge on any atom is -0.208 e. The third-order valence-corrected chi connectivity index (χ3v) is 11.4. The number of hydrogen-bond donors (Lipinski definition) is 0. The van der Waals surface area contributed by atoms with Crippen molar-refractivity contribution in [2.24, 2.45) is 0 Å². The molecule has 0 fully saturated rings. The first-order valence-corrected chi connectivity index (χ1v) is 17.8. The minimum atomic E-state index is -0.417. The lowest BCUT2D eigenvalue weighted by atomic mass is 9.95. The number of nitrogens with zero attached hydrogens (tertiary/aromatic N) is 3. The lowest BCUT2D eigenvalue weighted by molar-refractivity contribution is 1.08. The summed E-state index contributed by atoms with van der Waals surface area (Å²) in [5.41, 5.74) is 5.13. The van der Waals surface area contributed by atoms with Gasteiger partial charge in [-0.25, -0.2) is 15.0 Å². The molecule has 234 valence electrons. The van der Waals surface area contributed by atoms with Crippen molar-refractivity contribution in [2.75, 3.05) is 0 Å². The Morgan fingerprint density at radius 2 is 1.08 bits per heavy atom. The van der Waals surface area contributed by atoms with Crippen LogP contribution in [0.4, 0.5) is 0 Å². The van der Waals surface area contributed by atoms with Crippen LogP contribution < -0.4 is 0 Å². The highest BCUT2D eigenvalue weighted by molar-refractivity contribution is 7.26. The van der Waals surface area contributed by atoms with Crippen molar-refractivity contribution in [3.63, 3.8) is 0 Å². The van der Waals surface area contributed by atoms with E-state index in [4.69, 9.17) is 21.8 Å². The SMILES string of the molecule is [2H]c1c([2H])c([2H])c(-c2cc(-c3ccccc3)cc3c2sc2cccc(-c4nc(-c5ccccc5)nc(-c5ccc6c(c5)sc5ccccc56)n4)c23)c([2H])c1[2H]. The van der Waals surface area contributed by atoms with Crippen molar-refractivity contribution in [1.29, 1.82) is 0 Å². The van der Waals surface area contributed by atoms with Crippen LogP contribution in [0.5, 0.6) is 0 Å². The molecule has 0 radical (unpaired) electrons. The predicted octanol–water partition coefficient (Wildman–Crippen LogP) is 12.9. The van der Waals surface area contributed by atoms with Crippen LogP contribution in [-0.4, -0.2) is 15.0 Å². The van der Waals surface area contributed by atoms with Crippen molar-refractivity contribution >= 4 is 63.0 Å². The number of aromatic nitrogens is 3. The van der Waals surface area contributed by atoms with Crippen LogP contribution in [0, 0.1) is 0 Å². The maximum absolute atomic E-state index is 8.93. The molecule has 50 heavy (non-hydrogen) atoms. The van der Waals surface area contributed by atoms with Crippen molar-refractivity contribution in [3.8, 4) is 56.4 Å². The van der Waals surface area contributed by atoms with Gasteiger partial charge in [0.05, 0.1) is 6.85 Å². The summed E-state index contributed by atoms with van der Waals surface area (Å²) in [6.45, 7) is 0. The molecular formula is C45H27N3S2. The summed E-state index contributed by atoms with van der Waals surface area (Å²) in [7, 11) is 0. The fourth-order valence-corrected chi connectivity index (χ4v) is 9.06. The predicted molar refractivity (Wildman–Crippen MR) is 213 cm³/mol. The van der Waals surface area contributed by atoms with Crippen LogP contribution in [0.15, 0.2) is 164 Å². The topological polar surface area (TPSA) is 38.7 Å². The summed E-state index contributed by atoms with van der Waals surface area (Å²) < 4.78 is 47.3. The highest BCUT2D eigenvalue weighted by atomic mass is 32.1. The third-order valence-electron chi connectivity index (χ3n) is 9.02.